The van der Waals surface area contributed by atoms with Crippen LogP contribution in [0.4, 0.5) is 5.13 Å². The molecule has 0 fully saturated rings. The molecule has 2 aromatic heterocycles. The van der Waals surface area contributed by atoms with Crippen molar-refractivity contribution >= 4 is 50.4 Å². The van der Waals surface area contributed by atoms with E-state index in [4.69, 9.17) is 5.73 Å². The third kappa shape index (κ3) is 3.43. The predicted molar refractivity (Wildman–Crippen MR) is 91.1 cm³/mol. The number of rotatable bonds is 4. The molecule has 23 heavy (non-hydrogen) atoms. The highest BCUT2D eigenvalue weighted by atomic mass is 32.1. The minimum atomic E-state index is -0.485. The maximum Gasteiger partial charge on any atom is 0.267 e. The summed E-state index contributed by atoms with van der Waals surface area (Å²) < 4.78 is -0.165. The Morgan fingerprint density at radius 2 is 2.04 bits per heavy atom. The smallest absolute Gasteiger partial charge is 0.267 e. The first-order chi connectivity index (χ1) is 11.0. The number of nitrogens with one attached hydrogen (secondary N) is 1. The second-order valence-electron chi connectivity index (χ2n) is 4.73. The number of amides is 2. The van der Waals surface area contributed by atoms with Crippen molar-refractivity contribution in [3.63, 3.8) is 0 Å². The van der Waals surface area contributed by atoms with Crippen molar-refractivity contribution in [2.24, 2.45) is 5.73 Å². The molecule has 0 aliphatic rings. The van der Waals surface area contributed by atoms with E-state index < -0.39 is 11.8 Å². The second-order valence-corrected chi connectivity index (χ2v) is 6.60. The molecule has 6 nitrogen and oxygen atoms in total. The predicted octanol–water partition coefficient (Wildman–Crippen LogP) is 2.00. The number of hydrogen-bond donors (Lipinski definition) is 2. The van der Waals surface area contributed by atoms with Gasteiger partial charge in [-0.1, -0.05) is 29.5 Å². The summed E-state index contributed by atoms with van der Waals surface area (Å²) in [5.74, 6) is -0.890. The van der Waals surface area contributed by atoms with Gasteiger partial charge in [0.05, 0.1) is 17.0 Å². The summed E-state index contributed by atoms with van der Waals surface area (Å²) in [7, 11) is 0. The third-order valence-electron chi connectivity index (χ3n) is 3.02. The van der Waals surface area contributed by atoms with Gasteiger partial charge in [-0.05, 0) is 17.5 Å². The summed E-state index contributed by atoms with van der Waals surface area (Å²) in [6, 6.07) is 8.78. The van der Waals surface area contributed by atoms with Crippen LogP contribution in [0.3, 0.4) is 0 Å². The number of anilines is 1. The van der Waals surface area contributed by atoms with Gasteiger partial charge >= 0.3 is 0 Å². The van der Waals surface area contributed by atoms with Gasteiger partial charge in [-0.15, -0.1) is 11.3 Å². The van der Waals surface area contributed by atoms with Crippen molar-refractivity contribution in [3.05, 3.63) is 55.8 Å². The number of nitrogens with two attached hydrogens (primary N) is 1. The van der Waals surface area contributed by atoms with Crippen molar-refractivity contribution in [1.29, 1.82) is 0 Å². The average Bonchev–Trinajstić information content (AvgIpc) is 2.93. The summed E-state index contributed by atoms with van der Waals surface area (Å²) in [6.07, 6.45) is 0.0235. The Hall–Kier alpha value is -2.58. The van der Waals surface area contributed by atoms with Crippen molar-refractivity contribution in [1.82, 2.24) is 4.98 Å². The minimum absolute atomic E-state index is 0.0235. The zero-order valence-corrected chi connectivity index (χ0v) is 13.4. The fraction of sp³-hybridized carbons (Fsp3) is 0.0667. The van der Waals surface area contributed by atoms with Gasteiger partial charge in [0.25, 0.3) is 5.91 Å². The van der Waals surface area contributed by atoms with Crippen LogP contribution in [0.2, 0.25) is 0 Å². The Morgan fingerprint density at radius 3 is 2.83 bits per heavy atom. The first-order valence-electron chi connectivity index (χ1n) is 6.60. The van der Waals surface area contributed by atoms with Gasteiger partial charge in [-0.2, -0.15) is 0 Å². The molecule has 1 aromatic carbocycles. The lowest BCUT2D eigenvalue weighted by molar-refractivity contribution is -0.117. The van der Waals surface area contributed by atoms with Crippen LogP contribution in [0.25, 0.3) is 10.8 Å². The number of aromatic nitrogens is 1. The molecule has 0 radical (unpaired) electrons. The number of carbonyl (C=O) groups excluding carboxylic acids is 2. The lowest BCUT2D eigenvalue weighted by atomic mass is 10.2. The maximum atomic E-state index is 12.3. The normalized spacial score (nSPS) is 10.6. The molecule has 0 saturated carbocycles. The third-order valence-corrected chi connectivity index (χ3v) is 4.76. The van der Waals surface area contributed by atoms with Gasteiger partial charge in [-0.25, -0.2) is 4.98 Å². The highest BCUT2D eigenvalue weighted by Gasteiger charge is 2.13. The fourth-order valence-corrected chi connectivity index (χ4v) is 3.56. The topological polar surface area (TPSA) is 102 Å². The van der Waals surface area contributed by atoms with Gasteiger partial charge in [0.2, 0.25) is 10.6 Å². The van der Waals surface area contributed by atoms with Crippen LogP contribution in [0, 0.1) is 0 Å². The van der Waals surface area contributed by atoms with Crippen molar-refractivity contribution < 1.29 is 9.59 Å². The van der Waals surface area contributed by atoms with E-state index in [9.17, 15) is 14.4 Å². The number of hydrogen-bond acceptors (Lipinski definition) is 6. The van der Waals surface area contributed by atoms with E-state index in [1.165, 1.54) is 11.3 Å². The van der Waals surface area contributed by atoms with Crippen molar-refractivity contribution in [2.45, 2.75) is 6.42 Å². The molecule has 3 N–H and O–H groups in total. The first-order valence-corrected chi connectivity index (χ1v) is 8.29. The molecule has 116 valence electrons. The van der Waals surface area contributed by atoms with E-state index in [0.29, 0.717) is 21.1 Å². The number of primary amides is 1. The molecule has 0 spiro atoms. The highest BCUT2D eigenvalue weighted by Crippen LogP contribution is 2.19. The summed E-state index contributed by atoms with van der Waals surface area (Å²) in [4.78, 5) is 39.6. The van der Waals surface area contributed by atoms with Crippen LogP contribution in [-0.2, 0) is 11.2 Å². The van der Waals surface area contributed by atoms with Crippen LogP contribution in [0.5, 0.6) is 0 Å². The number of fused-ring (bicyclic) bond motifs is 1. The lowest BCUT2D eigenvalue weighted by Crippen LogP contribution is -2.15. The average molecular weight is 345 g/mol. The van der Waals surface area contributed by atoms with Gasteiger partial charge in [0, 0.05) is 10.8 Å². The fourth-order valence-electron chi connectivity index (χ4n) is 2.03. The largest absolute Gasteiger partial charge is 0.369 e. The number of benzene rings is 1. The monoisotopic (exact) mass is 345 g/mol. The number of nitrogens with zero attached hydrogens (tertiary/aromatic N) is 1. The van der Waals surface area contributed by atoms with Gasteiger partial charge in [0.1, 0.15) is 0 Å². The standard InChI is InChI=1S/C15H11N3O3S2/c16-12(19)6-9-7-22-15(17-9)18-13(20)11-5-8-3-1-2-4-10(8)14(21)23-11/h1-5,7H,6H2,(H2,16,19)(H,17,18,20). The quantitative estimate of drug-likeness (QED) is 0.755. The van der Waals surface area contributed by atoms with E-state index >= 15 is 0 Å². The zero-order chi connectivity index (χ0) is 16.4. The molecule has 8 heteroatoms. The Morgan fingerprint density at radius 1 is 1.26 bits per heavy atom. The number of thiazole rings is 1. The van der Waals surface area contributed by atoms with Crippen molar-refractivity contribution in [3.8, 4) is 0 Å². The molecular weight excluding hydrogens is 334 g/mol. The Bertz CT molecular complexity index is 962. The lowest BCUT2D eigenvalue weighted by Gasteiger charge is -2.02. The van der Waals surface area contributed by atoms with Crippen LogP contribution in [-0.4, -0.2) is 16.8 Å². The van der Waals surface area contributed by atoms with Crippen molar-refractivity contribution in [2.75, 3.05) is 5.32 Å². The van der Waals surface area contributed by atoms with E-state index in [1.807, 2.05) is 6.07 Å². The van der Waals surface area contributed by atoms with E-state index in [-0.39, 0.29) is 11.2 Å². The van der Waals surface area contributed by atoms with Crippen LogP contribution in [0.15, 0.2) is 40.5 Å². The molecule has 3 rings (SSSR count). The second kappa shape index (κ2) is 6.27. The molecule has 0 aliphatic heterocycles. The van der Waals surface area contributed by atoms with E-state index in [1.54, 1.807) is 29.6 Å². The Balaban J connectivity index is 1.84. The van der Waals surface area contributed by atoms with Crippen LogP contribution < -0.4 is 15.8 Å². The van der Waals surface area contributed by atoms with Gasteiger partial charge in [-0.3, -0.25) is 19.7 Å². The molecule has 2 heterocycles. The first kappa shape index (κ1) is 15.3. The zero-order valence-electron chi connectivity index (χ0n) is 11.7. The number of carbonyl (C=O) groups is 2. The summed E-state index contributed by atoms with van der Waals surface area (Å²) in [6.45, 7) is 0. The van der Waals surface area contributed by atoms with Crippen LogP contribution in [0.1, 0.15) is 15.4 Å². The summed E-state index contributed by atoms with van der Waals surface area (Å²) in [5, 5.41) is 5.96. The molecule has 3 aromatic rings. The van der Waals surface area contributed by atoms with Gasteiger partial charge < -0.3 is 5.73 Å². The molecular formula is C15H11N3O3S2. The Labute approximate surface area is 138 Å². The maximum absolute atomic E-state index is 12.3. The molecule has 2 amide bonds. The summed E-state index contributed by atoms with van der Waals surface area (Å²) >= 11 is 2.08. The van der Waals surface area contributed by atoms with Gasteiger partial charge in [0.15, 0.2) is 5.13 Å². The Kier molecular flexibility index (Phi) is 4.18. The minimum Gasteiger partial charge on any atom is -0.369 e. The molecule has 0 unspecified atom stereocenters. The van der Waals surface area contributed by atoms with Crippen LogP contribution >= 0.6 is 22.7 Å². The molecule has 0 aliphatic carbocycles. The van der Waals surface area contributed by atoms with E-state index in [0.717, 1.165) is 16.7 Å². The SMILES string of the molecule is NC(=O)Cc1csc(NC(=O)c2cc3ccccc3c(=O)s2)n1. The highest BCUT2D eigenvalue weighted by molar-refractivity contribution is 7.14. The molecule has 0 bridgehead atoms. The molecule has 0 saturated heterocycles. The van der Waals surface area contributed by atoms with E-state index in [2.05, 4.69) is 10.3 Å². The summed E-state index contributed by atoms with van der Waals surface area (Å²) in [5.41, 5.74) is 5.60. The molecule has 0 atom stereocenters.